The molecular formula is C9H18O2. The smallest absolute Gasteiger partial charge is 0.135 e. The summed E-state index contributed by atoms with van der Waals surface area (Å²) in [5, 5.41) is 0. The first-order valence-corrected chi connectivity index (χ1v) is 4.24. The van der Waals surface area contributed by atoms with Crippen LogP contribution in [-0.4, -0.2) is 19.5 Å². The number of hydrogen-bond acceptors (Lipinski definition) is 2. The second-order valence-corrected chi connectivity index (χ2v) is 2.86. The van der Waals surface area contributed by atoms with E-state index in [1.807, 2.05) is 13.8 Å². The Morgan fingerprint density at radius 3 is 2.64 bits per heavy atom. The van der Waals surface area contributed by atoms with Crippen LogP contribution in [0.15, 0.2) is 0 Å². The zero-order valence-electron chi connectivity index (χ0n) is 7.72. The Balaban J connectivity index is 3.36. The van der Waals surface area contributed by atoms with Gasteiger partial charge in [-0.1, -0.05) is 13.8 Å². The van der Waals surface area contributed by atoms with Crippen LogP contribution in [0.4, 0.5) is 0 Å². The second kappa shape index (κ2) is 6.35. The lowest BCUT2D eigenvalue weighted by molar-refractivity contribution is -0.122. The summed E-state index contributed by atoms with van der Waals surface area (Å²) in [5.41, 5.74) is 0. The molecule has 11 heavy (non-hydrogen) atoms. The van der Waals surface area contributed by atoms with E-state index in [-0.39, 0.29) is 5.92 Å². The van der Waals surface area contributed by atoms with Gasteiger partial charge in [-0.25, -0.2) is 0 Å². The summed E-state index contributed by atoms with van der Waals surface area (Å²) < 4.78 is 4.89. The van der Waals surface area contributed by atoms with Crippen molar-refractivity contribution in [2.75, 3.05) is 13.7 Å². The lowest BCUT2D eigenvalue weighted by Crippen LogP contribution is -2.09. The molecule has 0 aromatic carbocycles. The van der Waals surface area contributed by atoms with E-state index in [4.69, 9.17) is 4.74 Å². The lowest BCUT2D eigenvalue weighted by atomic mass is 9.99. The maximum Gasteiger partial charge on any atom is 0.135 e. The zero-order valence-corrected chi connectivity index (χ0v) is 7.72. The summed E-state index contributed by atoms with van der Waals surface area (Å²) in [6, 6.07) is 0. The molecule has 66 valence electrons. The summed E-state index contributed by atoms with van der Waals surface area (Å²) in [5.74, 6) is 0.580. The number of Topliss-reactive ketones (excluding diaryl/α,β-unsaturated/α-hetero) is 1. The fourth-order valence-electron chi connectivity index (χ4n) is 1.04. The molecule has 2 nitrogen and oxygen atoms in total. The number of carbonyl (C=O) groups is 1. The summed E-state index contributed by atoms with van der Waals surface area (Å²) in [7, 11) is 1.69. The molecule has 0 aromatic heterocycles. The number of hydrogen-bond donors (Lipinski definition) is 0. The Kier molecular flexibility index (Phi) is 6.13. The molecule has 0 saturated heterocycles. The Morgan fingerprint density at radius 2 is 2.18 bits per heavy atom. The third kappa shape index (κ3) is 4.96. The Morgan fingerprint density at radius 1 is 1.55 bits per heavy atom. The monoisotopic (exact) mass is 158 g/mol. The molecule has 1 unspecified atom stereocenters. The number of ether oxygens (including phenoxy) is 1. The quantitative estimate of drug-likeness (QED) is 0.553. The minimum absolute atomic E-state index is 0.218. The third-order valence-corrected chi connectivity index (χ3v) is 1.88. The van der Waals surface area contributed by atoms with Crippen LogP contribution in [0, 0.1) is 5.92 Å². The fraction of sp³-hybridized carbons (Fsp3) is 0.889. The largest absolute Gasteiger partial charge is 0.385 e. The van der Waals surface area contributed by atoms with Gasteiger partial charge in [-0.15, -0.1) is 0 Å². The van der Waals surface area contributed by atoms with Crippen LogP contribution in [0.25, 0.3) is 0 Å². The lowest BCUT2D eigenvalue weighted by Gasteiger charge is -2.07. The van der Waals surface area contributed by atoms with Crippen LogP contribution in [0.3, 0.4) is 0 Å². The van der Waals surface area contributed by atoms with E-state index in [0.717, 1.165) is 19.4 Å². The van der Waals surface area contributed by atoms with Gasteiger partial charge >= 0.3 is 0 Å². The van der Waals surface area contributed by atoms with Gasteiger partial charge in [0, 0.05) is 26.1 Å². The van der Waals surface area contributed by atoms with Crippen molar-refractivity contribution in [2.45, 2.75) is 33.1 Å². The molecule has 0 saturated carbocycles. The highest BCUT2D eigenvalue weighted by atomic mass is 16.5. The molecule has 0 aromatic rings. The standard InChI is InChI=1S/C9H18O2/c1-4-9(10)8(2)6-5-7-11-3/h8H,4-7H2,1-3H3. The van der Waals surface area contributed by atoms with Crippen molar-refractivity contribution in [1.82, 2.24) is 0 Å². The van der Waals surface area contributed by atoms with E-state index in [0.29, 0.717) is 12.2 Å². The first-order valence-electron chi connectivity index (χ1n) is 4.24. The van der Waals surface area contributed by atoms with E-state index in [9.17, 15) is 4.79 Å². The normalized spacial score (nSPS) is 13.0. The molecule has 0 rings (SSSR count). The summed E-state index contributed by atoms with van der Waals surface area (Å²) in [6.45, 7) is 4.66. The Labute approximate surface area is 68.9 Å². The van der Waals surface area contributed by atoms with Crippen molar-refractivity contribution < 1.29 is 9.53 Å². The van der Waals surface area contributed by atoms with Crippen molar-refractivity contribution in [1.29, 1.82) is 0 Å². The molecule has 0 heterocycles. The van der Waals surface area contributed by atoms with Gasteiger partial charge in [0.2, 0.25) is 0 Å². The number of rotatable bonds is 6. The minimum atomic E-state index is 0.218. The SMILES string of the molecule is CCC(=O)C(C)CCCOC. The van der Waals surface area contributed by atoms with Gasteiger partial charge in [-0.2, -0.15) is 0 Å². The highest BCUT2D eigenvalue weighted by molar-refractivity contribution is 5.80. The number of carbonyl (C=O) groups excluding carboxylic acids is 1. The highest BCUT2D eigenvalue weighted by Gasteiger charge is 2.08. The fourth-order valence-corrected chi connectivity index (χ4v) is 1.04. The summed E-state index contributed by atoms with van der Waals surface area (Å²) >= 11 is 0. The van der Waals surface area contributed by atoms with Crippen molar-refractivity contribution in [3.8, 4) is 0 Å². The average Bonchev–Trinajstić information content (AvgIpc) is 2.03. The van der Waals surface area contributed by atoms with Gasteiger partial charge in [0.05, 0.1) is 0 Å². The molecule has 0 aliphatic carbocycles. The average molecular weight is 158 g/mol. The van der Waals surface area contributed by atoms with Gasteiger partial charge in [0.25, 0.3) is 0 Å². The van der Waals surface area contributed by atoms with E-state index in [2.05, 4.69) is 0 Å². The maximum atomic E-state index is 11.1. The molecule has 0 radical (unpaired) electrons. The zero-order chi connectivity index (χ0) is 8.69. The summed E-state index contributed by atoms with van der Waals surface area (Å²) in [6.07, 6.45) is 2.61. The van der Waals surface area contributed by atoms with Crippen LogP contribution in [0.1, 0.15) is 33.1 Å². The second-order valence-electron chi connectivity index (χ2n) is 2.86. The van der Waals surface area contributed by atoms with Crippen molar-refractivity contribution >= 4 is 5.78 Å². The van der Waals surface area contributed by atoms with Crippen molar-refractivity contribution in [2.24, 2.45) is 5.92 Å². The molecule has 0 fully saturated rings. The molecule has 0 aliphatic heterocycles. The van der Waals surface area contributed by atoms with Crippen LogP contribution in [-0.2, 0) is 9.53 Å². The molecule has 0 spiro atoms. The first-order chi connectivity index (χ1) is 5.22. The number of methoxy groups -OCH3 is 1. The van der Waals surface area contributed by atoms with Gasteiger partial charge in [-0.3, -0.25) is 4.79 Å². The Hall–Kier alpha value is -0.370. The van der Waals surface area contributed by atoms with Crippen molar-refractivity contribution in [3.63, 3.8) is 0 Å². The molecule has 0 aliphatic rings. The van der Waals surface area contributed by atoms with Gasteiger partial charge in [-0.05, 0) is 12.8 Å². The maximum absolute atomic E-state index is 11.1. The molecule has 0 bridgehead atoms. The highest BCUT2D eigenvalue weighted by Crippen LogP contribution is 2.08. The molecule has 2 heteroatoms. The van der Waals surface area contributed by atoms with Gasteiger partial charge in [0.1, 0.15) is 5.78 Å². The summed E-state index contributed by atoms with van der Waals surface area (Å²) in [4.78, 5) is 11.1. The minimum Gasteiger partial charge on any atom is -0.385 e. The molecular weight excluding hydrogens is 140 g/mol. The van der Waals surface area contributed by atoms with Crippen molar-refractivity contribution in [3.05, 3.63) is 0 Å². The van der Waals surface area contributed by atoms with E-state index < -0.39 is 0 Å². The molecule has 1 atom stereocenters. The topological polar surface area (TPSA) is 26.3 Å². The Bertz CT molecular complexity index is 110. The first kappa shape index (κ1) is 10.6. The number of ketones is 1. The van der Waals surface area contributed by atoms with E-state index >= 15 is 0 Å². The van der Waals surface area contributed by atoms with E-state index in [1.165, 1.54) is 0 Å². The van der Waals surface area contributed by atoms with Crippen LogP contribution < -0.4 is 0 Å². The third-order valence-electron chi connectivity index (χ3n) is 1.88. The van der Waals surface area contributed by atoms with Gasteiger partial charge in [0.15, 0.2) is 0 Å². The molecule has 0 N–H and O–H groups in total. The van der Waals surface area contributed by atoms with Crippen LogP contribution in [0.2, 0.25) is 0 Å². The van der Waals surface area contributed by atoms with Gasteiger partial charge < -0.3 is 4.74 Å². The van der Waals surface area contributed by atoms with Crippen LogP contribution in [0.5, 0.6) is 0 Å². The predicted octanol–water partition coefficient (Wildman–Crippen LogP) is 2.03. The predicted molar refractivity (Wildman–Crippen MR) is 45.6 cm³/mol. The molecule has 0 amide bonds. The van der Waals surface area contributed by atoms with E-state index in [1.54, 1.807) is 7.11 Å². The van der Waals surface area contributed by atoms with Crippen LogP contribution >= 0.6 is 0 Å².